The summed E-state index contributed by atoms with van der Waals surface area (Å²) in [6, 6.07) is 15.0. The molecule has 0 aromatic heterocycles. The van der Waals surface area contributed by atoms with E-state index in [1.165, 1.54) is 0 Å². The minimum Gasteiger partial charge on any atom is -0.435 e. The van der Waals surface area contributed by atoms with Crippen molar-refractivity contribution < 1.29 is 4.74 Å². The van der Waals surface area contributed by atoms with Crippen molar-refractivity contribution in [3.05, 3.63) is 53.6 Å². The van der Waals surface area contributed by atoms with Gasteiger partial charge in [0, 0.05) is 10.6 Å². The van der Waals surface area contributed by atoms with Gasteiger partial charge in [-0.05, 0) is 47.6 Å². The van der Waals surface area contributed by atoms with Gasteiger partial charge in [-0.15, -0.1) is 0 Å². The molecule has 4 heteroatoms. The highest BCUT2D eigenvalue weighted by Gasteiger charge is 2.06. The molecule has 2 aromatic carbocycles. The summed E-state index contributed by atoms with van der Waals surface area (Å²) in [5.74, 6) is 0.634. The molecule has 1 nitrogen and oxygen atoms in total. The molecule has 0 radical (unpaired) electrons. The summed E-state index contributed by atoms with van der Waals surface area (Å²) < 4.78 is 5.27. The van der Waals surface area contributed by atoms with E-state index in [2.05, 4.69) is 0 Å². The van der Waals surface area contributed by atoms with Crippen molar-refractivity contribution in [2.45, 2.75) is 0 Å². The Labute approximate surface area is 115 Å². The van der Waals surface area contributed by atoms with Crippen molar-refractivity contribution in [3.8, 4) is 16.9 Å². The third-order valence-corrected chi connectivity index (χ3v) is 2.64. The topological polar surface area (TPSA) is 9.23 Å². The Morgan fingerprint density at radius 2 is 1.65 bits per heavy atom. The maximum atomic E-state index is 5.85. The molecular weight excluding hydrogens is 275 g/mol. The molecule has 0 aliphatic rings. The first-order valence-electron chi connectivity index (χ1n) is 4.89. The van der Waals surface area contributed by atoms with Gasteiger partial charge in [-0.25, -0.2) is 0 Å². The van der Waals surface area contributed by atoms with Crippen molar-refractivity contribution >= 4 is 39.9 Å². The van der Waals surface area contributed by atoms with E-state index in [1.807, 2.05) is 48.5 Å². The molecule has 0 aliphatic heterocycles. The van der Waals surface area contributed by atoms with Crippen LogP contribution in [-0.2, 0) is 0 Å². The molecule has 0 heterocycles. The standard InChI is InChI=1S/C13H8Cl2OS/c14-10-7-5-9(6-8-10)11-3-1-2-4-12(11)16-13(15)17/h1-8H. The summed E-state index contributed by atoms with van der Waals surface area (Å²) in [5.41, 5.74) is 1.92. The second kappa shape index (κ2) is 5.50. The Balaban J connectivity index is 2.44. The number of thiocarbonyl (C=S) groups is 1. The minimum absolute atomic E-state index is 0.0218. The van der Waals surface area contributed by atoms with Crippen molar-refractivity contribution in [1.29, 1.82) is 0 Å². The fraction of sp³-hybridized carbons (Fsp3) is 0. The first-order valence-corrected chi connectivity index (χ1v) is 6.05. The molecule has 0 fully saturated rings. The lowest BCUT2D eigenvalue weighted by Gasteiger charge is -2.09. The van der Waals surface area contributed by atoms with Crippen LogP contribution in [0.4, 0.5) is 0 Å². The first kappa shape index (κ1) is 12.4. The number of halogens is 2. The lowest BCUT2D eigenvalue weighted by Crippen LogP contribution is -1.97. The van der Waals surface area contributed by atoms with E-state index in [4.69, 9.17) is 40.2 Å². The Morgan fingerprint density at radius 1 is 1.00 bits per heavy atom. The van der Waals surface area contributed by atoms with Crippen LogP contribution in [0.5, 0.6) is 5.75 Å². The number of benzene rings is 2. The van der Waals surface area contributed by atoms with Crippen LogP contribution in [0, 0.1) is 0 Å². The van der Waals surface area contributed by atoms with Crippen molar-refractivity contribution in [1.82, 2.24) is 0 Å². The molecule has 2 rings (SSSR count). The summed E-state index contributed by atoms with van der Waals surface area (Å²) >= 11 is 16.2. The largest absolute Gasteiger partial charge is 0.435 e. The summed E-state index contributed by atoms with van der Waals surface area (Å²) in [6.07, 6.45) is 0. The molecule has 2 aromatic rings. The van der Waals surface area contributed by atoms with E-state index < -0.39 is 0 Å². The van der Waals surface area contributed by atoms with Gasteiger partial charge in [-0.1, -0.05) is 41.9 Å². The highest BCUT2D eigenvalue weighted by atomic mass is 35.5. The number of para-hydroxylation sites is 1. The Bertz CT molecular complexity index is 537. The van der Waals surface area contributed by atoms with Crippen LogP contribution in [0.3, 0.4) is 0 Å². The van der Waals surface area contributed by atoms with Crippen LogP contribution < -0.4 is 4.74 Å². The van der Waals surface area contributed by atoms with Gasteiger partial charge in [0.25, 0.3) is 4.51 Å². The molecule has 0 aliphatic carbocycles. The molecule has 0 unspecified atom stereocenters. The SMILES string of the molecule is S=C(Cl)Oc1ccccc1-c1ccc(Cl)cc1. The zero-order valence-electron chi connectivity index (χ0n) is 8.69. The average molecular weight is 283 g/mol. The van der Waals surface area contributed by atoms with Gasteiger partial charge < -0.3 is 4.74 Å². The Hall–Kier alpha value is -1.09. The zero-order chi connectivity index (χ0) is 12.3. The predicted molar refractivity (Wildman–Crippen MR) is 76.0 cm³/mol. The highest BCUT2D eigenvalue weighted by molar-refractivity contribution is 7.82. The molecule has 0 saturated heterocycles. The number of ether oxygens (including phenoxy) is 1. The smallest absolute Gasteiger partial charge is 0.260 e. The predicted octanol–water partition coefficient (Wildman–Crippen LogP) is 4.91. The quantitative estimate of drug-likeness (QED) is 0.572. The first-order chi connectivity index (χ1) is 8.16. The van der Waals surface area contributed by atoms with Gasteiger partial charge >= 0.3 is 0 Å². The van der Waals surface area contributed by atoms with Crippen LogP contribution in [0.1, 0.15) is 0 Å². The second-order valence-corrected chi connectivity index (χ2v) is 4.72. The van der Waals surface area contributed by atoms with Gasteiger partial charge in [0.05, 0.1) is 0 Å². The maximum absolute atomic E-state index is 5.85. The summed E-state index contributed by atoms with van der Waals surface area (Å²) in [5, 5.41) is 0.694. The van der Waals surface area contributed by atoms with E-state index in [0.717, 1.165) is 11.1 Å². The normalized spacial score (nSPS) is 10.0. The Kier molecular flexibility index (Phi) is 4.00. The van der Waals surface area contributed by atoms with Gasteiger partial charge in [0.15, 0.2) is 0 Å². The van der Waals surface area contributed by atoms with Crippen LogP contribution in [0.15, 0.2) is 48.5 Å². The molecule has 0 atom stereocenters. The Morgan fingerprint density at radius 3 is 2.29 bits per heavy atom. The van der Waals surface area contributed by atoms with E-state index in [-0.39, 0.29) is 4.51 Å². The summed E-state index contributed by atoms with van der Waals surface area (Å²) in [7, 11) is 0. The highest BCUT2D eigenvalue weighted by Crippen LogP contribution is 2.30. The molecule has 0 spiro atoms. The molecular formula is C13H8Cl2OS. The van der Waals surface area contributed by atoms with Gasteiger partial charge in [0.2, 0.25) is 0 Å². The van der Waals surface area contributed by atoms with E-state index >= 15 is 0 Å². The molecule has 0 saturated carbocycles. The minimum atomic E-state index is -0.0218. The van der Waals surface area contributed by atoms with Gasteiger partial charge in [-0.2, -0.15) is 0 Å². The van der Waals surface area contributed by atoms with Crippen LogP contribution in [-0.4, -0.2) is 4.51 Å². The lowest BCUT2D eigenvalue weighted by molar-refractivity contribution is 0.580. The molecule has 86 valence electrons. The fourth-order valence-electron chi connectivity index (χ4n) is 1.51. The van der Waals surface area contributed by atoms with E-state index in [0.29, 0.717) is 10.8 Å². The fourth-order valence-corrected chi connectivity index (χ4v) is 1.81. The van der Waals surface area contributed by atoms with Crippen molar-refractivity contribution in [2.75, 3.05) is 0 Å². The second-order valence-electron chi connectivity index (χ2n) is 3.34. The molecule has 0 bridgehead atoms. The number of rotatable bonds is 2. The third kappa shape index (κ3) is 3.19. The summed E-state index contributed by atoms with van der Waals surface area (Å²) in [4.78, 5) is 0. The molecule has 0 amide bonds. The van der Waals surface area contributed by atoms with E-state index in [9.17, 15) is 0 Å². The maximum Gasteiger partial charge on any atom is 0.260 e. The number of hydrogen-bond acceptors (Lipinski definition) is 2. The van der Waals surface area contributed by atoms with Crippen molar-refractivity contribution in [2.24, 2.45) is 0 Å². The third-order valence-electron chi connectivity index (χ3n) is 2.23. The van der Waals surface area contributed by atoms with Gasteiger partial charge in [0.1, 0.15) is 5.75 Å². The molecule has 0 N–H and O–H groups in total. The van der Waals surface area contributed by atoms with Crippen LogP contribution in [0.2, 0.25) is 5.02 Å². The molecule has 17 heavy (non-hydrogen) atoms. The van der Waals surface area contributed by atoms with Gasteiger partial charge in [-0.3, -0.25) is 0 Å². The van der Waals surface area contributed by atoms with Crippen molar-refractivity contribution in [3.63, 3.8) is 0 Å². The monoisotopic (exact) mass is 282 g/mol. The average Bonchev–Trinajstić information content (AvgIpc) is 2.30. The zero-order valence-corrected chi connectivity index (χ0v) is 11.0. The van der Waals surface area contributed by atoms with E-state index in [1.54, 1.807) is 0 Å². The lowest BCUT2D eigenvalue weighted by atomic mass is 10.1. The number of hydrogen-bond donors (Lipinski definition) is 0. The van der Waals surface area contributed by atoms with Crippen LogP contribution >= 0.6 is 35.4 Å². The van der Waals surface area contributed by atoms with Crippen LogP contribution in [0.25, 0.3) is 11.1 Å². The summed E-state index contributed by atoms with van der Waals surface area (Å²) in [6.45, 7) is 0.